The van der Waals surface area contributed by atoms with Crippen molar-refractivity contribution in [1.82, 2.24) is 0 Å². The fourth-order valence-electron chi connectivity index (χ4n) is 0.710. The summed E-state index contributed by atoms with van der Waals surface area (Å²) in [6.45, 7) is -0.159. The summed E-state index contributed by atoms with van der Waals surface area (Å²) in [5.41, 5.74) is 0.956. The van der Waals surface area contributed by atoms with Crippen molar-refractivity contribution in [2.75, 3.05) is 106 Å². The summed E-state index contributed by atoms with van der Waals surface area (Å²) < 4.78 is 29.6. The van der Waals surface area contributed by atoms with Crippen LogP contribution in [0.5, 0.6) is 0 Å². The first kappa shape index (κ1) is 60.6. The van der Waals surface area contributed by atoms with Crippen LogP contribution in [0.25, 0.3) is 0 Å². The van der Waals surface area contributed by atoms with Gasteiger partial charge in [0.1, 0.15) is 0 Å². The van der Waals surface area contributed by atoms with Gasteiger partial charge in [0.05, 0.1) is 111 Å². The molecule has 19 nitrogen and oxygen atoms in total. The van der Waals surface area contributed by atoms with Crippen LogP contribution >= 0.6 is 0 Å². The fourth-order valence-corrected chi connectivity index (χ4v) is 1.19. The molecule has 0 spiro atoms. The maximum absolute atomic E-state index is 10.5. The van der Waals surface area contributed by atoms with Crippen LogP contribution in [0.15, 0.2) is 29.2 Å². The van der Waals surface area contributed by atoms with Crippen LogP contribution < -0.4 is 0 Å². The molecule has 0 heterocycles. The first-order valence-corrected chi connectivity index (χ1v) is 13.5. The summed E-state index contributed by atoms with van der Waals surface area (Å²) in [6, 6.07) is 5.99. The lowest BCUT2D eigenvalue weighted by Crippen LogP contribution is -1.96. The molecule has 0 amide bonds. The van der Waals surface area contributed by atoms with Crippen LogP contribution in [0.4, 0.5) is 0 Å². The Morgan fingerprint density at radius 2 is 0.512 bits per heavy atom. The lowest BCUT2D eigenvalue weighted by atomic mass is 10.2. The third-order valence-electron chi connectivity index (χ3n) is 2.12. The third-order valence-corrected chi connectivity index (χ3v) is 2.99. The molecule has 1 aromatic rings. The Morgan fingerprint density at radius 1 is 0.372 bits per heavy atom. The zero-order valence-electron chi connectivity index (χ0n) is 24.5. The molecular formula is C23H56O19S. The summed E-state index contributed by atoms with van der Waals surface area (Å²) in [4.78, 5) is -0.0666. The van der Waals surface area contributed by atoms with Gasteiger partial charge in [-0.15, -0.1) is 0 Å². The average molecular weight is 669 g/mol. The fraction of sp³-hybridized carbons (Fsp3) is 0.739. The molecule has 0 bridgehead atoms. The molecule has 0 aliphatic rings. The number of aryl methyl sites for hydroxylation is 1. The van der Waals surface area contributed by atoms with E-state index < -0.39 is 10.1 Å². The lowest BCUT2D eigenvalue weighted by Gasteiger charge is -1.95. The van der Waals surface area contributed by atoms with Crippen molar-refractivity contribution < 1.29 is 94.7 Å². The van der Waals surface area contributed by atoms with Crippen molar-refractivity contribution >= 4 is 10.1 Å². The van der Waals surface area contributed by atoms with Gasteiger partial charge in [0.2, 0.25) is 0 Å². The van der Waals surface area contributed by atoms with E-state index in [-0.39, 0.29) is 111 Å². The number of aliphatic hydroxyl groups is 16. The van der Waals surface area contributed by atoms with E-state index in [2.05, 4.69) is 0 Å². The number of hydrogen-bond donors (Lipinski definition) is 17. The van der Waals surface area contributed by atoms with E-state index in [9.17, 15) is 8.42 Å². The summed E-state index contributed by atoms with van der Waals surface area (Å²) in [5.74, 6) is 0. The molecule has 0 fully saturated rings. The van der Waals surface area contributed by atoms with Crippen LogP contribution in [-0.4, -0.2) is 200 Å². The van der Waals surface area contributed by atoms with E-state index >= 15 is 0 Å². The smallest absolute Gasteiger partial charge is 0.294 e. The second kappa shape index (κ2) is 67.9. The number of hydrogen-bond acceptors (Lipinski definition) is 18. The zero-order chi connectivity index (χ0) is 35.8. The maximum Gasteiger partial charge on any atom is 0.294 e. The molecule has 0 aromatic heterocycles. The van der Waals surface area contributed by atoms with Gasteiger partial charge in [0.25, 0.3) is 10.1 Å². The van der Waals surface area contributed by atoms with Crippen molar-refractivity contribution in [2.45, 2.75) is 11.8 Å². The normalized spacial score (nSPS) is 8.51. The van der Waals surface area contributed by atoms with E-state index in [4.69, 9.17) is 86.3 Å². The van der Waals surface area contributed by atoms with Gasteiger partial charge in [-0.2, -0.15) is 8.42 Å². The number of rotatable bonds is 9. The molecule has 20 heteroatoms. The minimum absolute atomic E-state index is 0.0666. The summed E-state index contributed by atoms with van der Waals surface area (Å²) in [6.07, 6.45) is 0. The highest BCUT2D eigenvalue weighted by molar-refractivity contribution is 7.85. The van der Waals surface area contributed by atoms with E-state index in [0.717, 1.165) is 5.56 Å². The predicted molar refractivity (Wildman–Crippen MR) is 154 cm³/mol. The molecule has 43 heavy (non-hydrogen) atoms. The SMILES string of the molecule is Cc1ccc(S(=O)(=O)O)cc1.OCCO.OCCO.OCCO.OCCO.OCCO.OCCO.OCCO.OCCO. The Labute approximate surface area is 252 Å². The molecule has 0 aliphatic carbocycles. The molecule has 1 aromatic carbocycles. The van der Waals surface area contributed by atoms with Crippen molar-refractivity contribution in [3.05, 3.63) is 29.8 Å². The van der Waals surface area contributed by atoms with E-state index in [1.807, 2.05) is 6.92 Å². The minimum atomic E-state index is -4.02. The van der Waals surface area contributed by atoms with Crippen molar-refractivity contribution in [3.8, 4) is 0 Å². The Bertz CT molecular complexity index is 529. The average Bonchev–Trinajstić information content (AvgIpc) is 3.05. The molecule has 0 radical (unpaired) electrons. The van der Waals surface area contributed by atoms with E-state index in [1.54, 1.807) is 12.1 Å². The maximum atomic E-state index is 10.5. The second-order valence-corrected chi connectivity index (χ2v) is 7.29. The summed E-state index contributed by atoms with van der Waals surface area (Å²) in [7, 11) is -4.02. The largest absolute Gasteiger partial charge is 0.394 e. The van der Waals surface area contributed by atoms with Crippen LogP contribution in [0.1, 0.15) is 5.56 Å². The van der Waals surface area contributed by atoms with Gasteiger partial charge in [-0.1, -0.05) is 17.7 Å². The molecule has 0 unspecified atom stereocenters. The van der Waals surface area contributed by atoms with Gasteiger partial charge >= 0.3 is 0 Å². The van der Waals surface area contributed by atoms with E-state index in [0.29, 0.717) is 0 Å². The van der Waals surface area contributed by atoms with Gasteiger partial charge in [0.15, 0.2) is 0 Å². The molecule has 1 rings (SSSR count). The Morgan fingerprint density at radius 3 is 0.605 bits per heavy atom. The van der Waals surface area contributed by atoms with E-state index in [1.165, 1.54) is 12.1 Å². The van der Waals surface area contributed by atoms with Crippen molar-refractivity contribution in [3.63, 3.8) is 0 Å². The highest BCUT2D eigenvalue weighted by Crippen LogP contribution is 2.08. The summed E-state index contributed by atoms with van der Waals surface area (Å²) >= 11 is 0. The highest BCUT2D eigenvalue weighted by Gasteiger charge is 2.06. The van der Waals surface area contributed by atoms with Gasteiger partial charge in [-0.25, -0.2) is 0 Å². The standard InChI is InChI=1S/C7H8O3S.8C2H6O2/c1-6-2-4-7(5-3-6)11(8,9)10;8*3-1-2-4/h2-5H,1H3,(H,8,9,10);8*3-4H,1-2H2. The minimum Gasteiger partial charge on any atom is -0.394 e. The molecule has 268 valence electrons. The Balaban J connectivity index is -0.0000000559. The van der Waals surface area contributed by atoms with Gasteiger partial charge in [-0.3, -0.25) is 4.55 Å². The number of aliphatic hydroxyl groups excluding tert-OH is 16. The quantitative estimate of drug-likeness (QED) is 0.109. The van der Waals surface area contributed by atoms with Crippen molar-refractivity contribution in [2.24, 2.45) is 0 Å². The number of benzene rings is 1. The molecule has 17 N–H and O–H groups in total. The second-order valence-electron chi connectivity index (χ2n) is 5.87. The third kappa shape index (κ3) is 119. The Kier molecular flexibility index (Phi) is 95.8. The monoisotopic (exact) mass is 668 g/mol. The zero-order valence-corrected chi connectivity index (χ0v) is 25.3. The van der Waals surface area contributed by atoms with Crippen LogP contribution in [0.2, 0.25) is 0 Å². The van der Waals surface area contributed by atoms with Crippen molar-refractivity contribution in [1.29, 1.82) is 0 Å². The van der Waals surface area contributed by atoms with Gasteiger partial charge in [-0.05, 0) is 19.1 Å². The molecule has 0 saturated carbocycles. The van der Waals surface area contributed by atoms with Crippen LogP contribution in [0.3, 0.4) is 0 Å². The molecule has 0 saturated heterocycles. The molecule has 0 aliphatic heterocycles. The van der Waals surface area contributed by atoms with Crippen LogP contribution in [0, 0.1) is 6.92 Å². The topological polar surface area (TPSA) is 378 Å². The molecule has 0 atom stereocenters. The predicted octanol–water partition coefficient (Wildman–Crippen LogP) is -6.99. The Hall–Kier alpha value is -1.51. The first-order valence-electron chi connectivity index (χ1n) is 12.1. The lowest BCUT2D eigenvalue weighted by molar-refractivity contribution is 0.186. The molecular weight excluding hydrogens is 612 g/mol. The first-order chi connectivity index (χ1) is 20.3. The highest BCUT2D eigenvalue weighted by atomic mass is 32.2. The van der Waals surface area contributed by atoms with Crippen LogP contribution in [-0.2, 0) is 10.1 Å². The van der Waals surface area contributed by atoms with Gasteiger partial charge < -0.3 is 81.7 Å². The van der Waals surface area contributed by atoms with Gasteiger partial charge in [0, 0.05) is 0 Å². The summed E-state index contributed by atoms with van der Waals surface area (Å²) in [5, 5.41) is 122.